The number of nitrogens with zero attached hydrogens (tertiary/aromatic N) is 4. The van der Waals surface area contributed by atoms with Gasteiger partial charge < -0.3 is 5.32 Å². The first-order valence-electron chi connectivity index (χ1n) is 10.1. The van der Waals surface area contributed by atoms with Crippen molar-refractivity contribution in [2.75, 3.05) is 18.4 Å². The first-order chi connectivity index (χ1) is 14.2. The lowest BCUT2D eigenvalue weighted by molar-refractivity contribution is -0.121. The second kappa shape index (κ2) is 8.96. The molecule has 0 bridgehead atoms. The molecular formula is C22H26N6O. The highest BCUT2D eigenvalue weighted by Gasteiger charge is 2.26. The Morgan fingerprint density at radius 3 is 2.69 bits per heavy atom. The average molecular weight is 390 g/mol. The lowest BCUT2D eigenvalue weighted by Gasteiger charge is -2.31. The first kappa shape index (κ1) is 19.3. The van der Waals surface area contributed by atoms with Gasteiger partial charge in [-0.05, 0) is 43.1 Å². The van der Waals surface area contributed by atoms with E-state index >= 15 is 0 Å². The van der Waals surface area contributed by atoms with E-state index in [0.717, 1.165) is 67.2 Å². The van der Waals surface area contributed by atoms with Crippen LogP contribution in [0.25, 0.3) is 11.3 Å². The van der Waals surface area contributed by atoms with Crippen LogP contribution in [0.1, 0.15) is 31.2 Å². The molecule has 1 amide bonds. The summed E-state index contributed by atoms with van der Waals surface area (Å²) in [7, 11) is 0. The van der Waals surface area contributed by atoms with E-state index in [1.165, 1.54) is 0 Å². The molecule has 29 heavy (non-hydrogen) atoms. The molecule has 0 radical (unpaired) electrons. The third-order valence-electron chi connectivity index (χ3n) is 5.32. The molecule has 2 N–H and O–H groups in total. The number of aromatic amines is 1. The molecule has 0 saturated carbocycles. The lowest BCUT2D eigenvalue weighted by Crippen LogP contribution is -2.40. The van der Waals surface area contributed by atoms with Gasteiger partial charge in [-0.3, -0.25) is 14.8 Å². The van der Waals surface area contributed by atoms with Crippen molar-refractivity contribution in [2.45, 2.75) is 32.7 Å². The summed E-state index contributed by atoms with van der Waals surface area (Å²) < 4.78 is 0. The summed E-state index contributed by atoms with van der Waals surface area (Å²) in [4.78, 5) is 23.9. The third-order valence-corrected chi connectivity index (χ3v) is 5.32. The van der Waals surface area contributed by atoms with E-state index in [2.05, 4.69) is 30.4 Å². The van der Waals surface area contributed by atoms with Crippen LogP contribution in [0.5, 0.6) is 0 Å². The zero-order valence-corrected chi connectivity index (χ0v) is 16.6. The number of nitrogens with one attached hydrogen (secondary N) is 2. The number of amides is 1. The third kappa shape index (κ3) is 4.86. The van der Waals surface area contributed by atoms with Crippen LogP contribution in [0.15, 0.2) is 48.9 Å². The van der Waals surface area contributed by atoms with Gasteiger partial charge in [-0.25, -0.2) is 9.97 Å². The first-order valence-corrected chi connectivity index (χ1v) is 10.1. The van der Waals surface area contributed by atoms with Crippen LogP contribution in [0.3, 0.4) is 0 Å². The van der Waals surface area contributed by atoms with Gasteiger partial charge in [-0.15, -0.1) is 0 Å². The van der Waals surface area contributed by atoms with Crippen LogP contribution in [-0.4, -0.2) is 44.1 Å². The normalized spacial score (nSPS) is 17.2. The Morgan fingerprint density at radius 2 is 2.00 bits per heavy atom. The molecule has 1 fully saturated rings. The van der Waals surface area contributed by atoms with Crippen molar-refractivity contribution in [3.05, 3.63) is 60.3 Å². The summed E-state index contributed by atoms with van der Waals surface area (Å²) in [6, 6.07) is 9.75. The summed E-state index contributed by atoms with van der Waals surface area (Å²) in [5.41, 5.74) is 3.92. The Morgan fingerprint density at radius 1 is 1.21 bits per heavy atom. The quantitative estimate of drug-likeness (QED) is 0.674. The zero-order chi connectivity index (χ0) is 20.1. The number of likely N-dealkylation sites (tertiary alicyclic amines) is 1. The van der Waals surface area contributed by atoms with E-state index in [1.807, 2.05) is 49.6 Å². The van der Waals surface area contributed by atoms with Crippen LogP contribution < -0.4 is 5.32 Å². The minimum Gasteiger partial charge on any atom is -0.326 e. The molecule has 3 heterocycles. The maximum atomic E-state index is 12.8. The van der Waals surface area contributed by atoms with Crippen molar-refractivity contribution in [3.8, 4) is 11.3 Å². The second-order valence-corrected chi connectivity index (χ2v) is 7.47. The van der Waals surface area contributed by atoms with Crippen molar-refractivity contribution < 1.29 is 4.79 Å². The molecule has 1 aliphatic rings. The molecule has 4 rings (SSSR count). The Bertz CT molecular complexity index is 921. The predicted molar refractivity (Wildman–Crippen MR) is 112 cm³/mol. The van der Waals surface area contributed by atoms with E-state index in [1.54, 1.807) is 6.20 Å². The fourth-order valence-electron chi connectivity index (χ4n) is 3.71. The van der Waals surface area contributed by atoms with E-state index in [4.69, 9.17) is 0 Å². The Hall–Kier alpha value is -3.06. The standard InChI is InChI=1S/C22H26N6O/c1-2-21-23-12-16(13-24-21)14-28-11-3-4-18(15-28)22(29)26-19-7-5-17(6-8-19)20-9-10-25-27-20/h5-10,12-13,18H,2-4,11,14-15H2,1H3,(H,25,27)(H,26,29). The molecule has 1 atom stereocenters. The highest BCUT2D eigenvalue weighted by Crippen LogP contribution is 2.22. The second-order valence-electron chi connectivity index (χ2n) is 7.47. The Labute approximate surface area is 170 Å². The van der Waals surface area contributed by atoms with Crippen molar-refractivity contribution in [2.24, 2.45) is 5.92 Å². The molecule has 1 aromatic carbocycles. The molecule has 3 aromatic rings. The number of aryl methyl sites for hydroxylation is 1. The van der Waals surface area contributed by atoms with Crippen LogP contribution in [0, 0.1) is 5.92 Å². The number of carbonyl (C=O) groups is 1. The molecule has 0 aliphatic carbocycles. The van der Waals surface area contributed by atoms with Crippen molar-refractivity contribution in [1.82, 2.24) is 25.1 Å². The van der Waals surface area contributed by atoms with Gasteiger partial charge in [0.15, 0.2) is 0 Å². The summed E-state index contributed by atoms with van der Waals surface area (Å²) in [5, 5.41) is 9.98. The SMILES string of the molecule is CCc1ncc(CN2CCCC(C(=O)Nc3ccc(-c4ccn[nH]4)cc3)C2)cn1. The van der Waals surface area contributed by atoms with Gasteiger partial charge >= 0.3 is 0 Å². The van der Waals surface area contributed by atoms with Crippen LogP contribution >= 0.6 is 0 Å². The average Bonchev–Trinajstić information content (AvgIpc) is 3.30. The molecular weight excluding hydrogens is 364 g/mol. The highest BCUT2D eigenvalue weighted by atomic mass is 16.1. The summed E-state index contributed by atoms with van der Waals surface area (Å²) in [5.74, 6) is 0.941. The summed E-state index contributed by atoms with van der Waals surface area (Å²) in [6.45, 7) is 4.59. The van der Waals surface area contributed by atoms with Gasteiger partial charge in [0.05, 0.1) is 11.6 Å². The smallest absolute Gasteiger partial charge is 0.228 e. The predicted octanol–water partition coefficient (Wildman–Crippen LogP) is 3.28. The molecule has 7 nitrogen and oxygen atoms in total. The van der Waals surface area contributed by atoms with Crippen molar-refractivity contribution >= 4 is 11.6 Å². The van der Waals surface area contributed by atoms with E-state index in [-0.39, 0.29) is 11.8 Å². The molecule has 7 heteroatoms. The number of rotatable bonds is 6. The topological polar surface area (TPSA) is 86.8 Å². The highest BCUT2D eigenvalue weighted by molar-refractivity contribution is 5.93. The largest absolute Gasteiger partial charge is 0.326 e. The van der Waals surface area contributed by atoms with Crippen LogP contribution in [0.2, 0.25) is 0 Å². The van der Waals surface area contributed by atoms with Crippen LogP contribution in [-0.2, 0) is 17.8 Å². The number of anilines is 1. The van der Waals surface area contributed by atoms with Crippen molar-refractivity contribution in [3.63, 3.8) is 0 Å². The number of carbonyl (C=O) groups excluding carboxylic acids is 1. The minimum atomic E-state index is -0.00753. The van der Waals surface area contributed by atoms with Gasteiger partial charge in [0.25, 0.3) is 0 Å². The fraction of sp³-hybridized carbons (Fsp3) is 0.364. The number of hydrogen-bond donors (Lipinski definition) is 2. The summed E-state index contributed by atoms with van der Waals surface area (Å²) >= 11 is 0. The van der Waals surface area contributed by atoms with Gasteiger partial charge in [-0.2, -0.15) is 5.10 Å². The lowest BCUT2D eigenvalue weighted by atomic mass is 9.96. The van der Waals surface area contributed by atoms with Gasteiger partial charge in [0.2, 0.25) is 5.91 Å². The zero-order valence-electron chi connectivity index (χ0n) is 16.6. The molecule has 150 valence electrons. The number of aromatic nitrogens is 4. The molecule has 1 aliphatic heterocycles. The molecule has 0 spiro atoms. The molecule has 1 unspecified atom stereocenters. The fourth-order valence-corrected chi connectivity index (χ4v) is 3.71. The van der Waals surface area contributed by atoms with Gasteiger partial charge in [0, 0.05) is 49.4 Å². The maximum absolute atomic E-state index is 12.8. The number of piperidine rings is 1. The van der Waals surface area contributed by atoms with Crippen LogP contribution in [0.4, 0.5) is 5.69 Å². The number of benzene rings is 1. The molecule has 1 saturated heterocycles. The van der Waals surface area contributed by atoms with E-state index in [9.17, 15) is 4.79 Å². The van der Waals surface area contributed by atoms with Crippen molar-refractivity contribution in [1.29, 1.82) is 0 Å². The van der Waals surface area contributed by atoms with Gasteiger partial charge in [-0.1, -0.05) is 19.1 Å². The molecule has 2 aromatic heterocycles. The minimum absolute atomic E-state index is 0.00753. The monoisotopic (exact) mass is 390 g/mol. The van der Waals surface area contributed by atoms with E-state index < -0.39 is 0 Å². The van der Waals surface area contributed by atoms with E-state index in [0.29, 0.717) is 0 Å². The number of hydrogen-bond acceptors (Lipinski definition) is 5. The Kier molecular flexibility index (Phi) is 5.95. The van der Waals surface area contributed by atoms with Gasteiger partial charge in [0.1, 0.15) is 5.82 Å². The number of H-pyrrole nitrogens is 1. The Balaban J connectivity index is 1.33. The maximum Gasteiger partial charge on any atom is 0.228 e. The summed E-state index contributed by atoms with van der Waals surface area (Å²) in [6.07, 6.45) is 8.30.